The van der Waals surface area contributed by atoms with Crippen LogP contribution in [0.25, 0.3) is 0 Å². The summed E-state index contributed by atoms with van der Waals surface area (Å²) in [6.45, 7) is 6.37. The lowest BCUT2D eigenvalue weighted by molar-refractivity contribution is -0.167. The molecule has 0 radical (unpaired) electrons. The van der Waals surface area contributed by atoms with Crippen molar-refractivity contribution in [3.63, 3.8) is 0 Å². The lowest BCUT2D eigenvalue weighted by Gasteiger charge is -2.18. The molecule has 0 saturated heterocycles. The normalized spacial score (nSPS) is 13.1. The first kappa shape index (κ1) is 76.3. The Bertz CT molecular complexity index is 1760. The second kappa shape index (κ2) is 67.8. The molecule has 81 heavy (non-hydrogen) atoms. The lowest BCUT2D eigenvalue weighted by Crippen LogP contribution is -2.30. The lowest BCUT2D eigenvalue weighted by atomic mass is 10.1. The van der Waals surface area contributed by atoms with Gasteiger partial charge in [0.2, 0.25) is 0 Å². The van der Waals surface area contributed by atoms with Crippen molar-refractivity contribution in [2.75, 3.05) is 13.2 Å². The molecular formula is C75H122O6. The Morgan fingerprint density at radius 2 is 0.481 bits per heavy atom. The zero-order valence-corrected chi connectivity index (χ0v) is 52.5. The molecule has 0 bridgehead atoms. The maximum Gasteiger partial charge on any atom is 0.306 e. The zero-order valence-electron chi connectivity index (χ0n) is 52.5. The number of allylic oxidation sites excluding steroid dienone is 24. The van der Waals surface area contributed by atoms with Gasteiger partial charge in [-0.25, -0.2) is 0 Å². The third-order valence-electron chi connectivity index (χ3n) is 13.8. The van der Waals surface area contributed by atoms with Gasteiger partial charge in [0.1, 0.15) is 13.2 Å². The van der Waals surface area contributed by atoms with Crippen molar-refractivity contribution in [3.8, 4) is 0 Å². The predicted octanol–water partition coefficient (Wildman–Crippen LogP) is 23.1. The Labute approximate surface area is 499 Å². The first-order valence-corrected chi connectivity index (χ1v) is 33.3. The van der Waals surface area contributed by atoms with E-state index in [0.29, 0.717) is 19.3 Å². The molecule has 1 atom stereocenters. The minimum absolute atomic E-state index is 0.0957. The summed E-state index contributed by atoms with van der Waals surface area (Å²) >= 11 is 0. The first-order chi connectivity index (χ1) is 40.0. The summed E-state index contributed by atoms with van der Waals surface area (Å²) in [6, 6.07) is 0. The fourth-order valence-corrected chi connectivity index (χ4v) is 8.88. The number of hydrogen-bond acceptors (Lipinski definition) is 6. The van der Waals surface area contributed by atoms with Crippen LogP contribution in [0.2, 0.25) is 0 Å². The molecule has 0 spiro atoms. The van der Waals surface area contributed by atoms with E-state index in [9.17, 15) is 14.4 Å². The quantitative estimate of drug-likeness (QED) is 0.0261. The largest absolute Gasteiger partial charge is 0.462 e. The summed E-state index contributed by atoms with van der Waals surface area (Å²) in [5.41, 5.74) is 0. The molecule has 6 nitrogen and oxygen atoms in total. The van der Waals surface area contributed by atoms with Crippen molar-refractivity contribution in [2.24, 2.45) is 0 Å². The molecule has 0 aromatic rings. The van der Waals surface area contributed by atoms with Crippen molar-refractivity contribution in [1.82, 2.24) is 0 Å². The average molecular weight is 1120 g/mol. The van der Waals surface area contributed by atoms with Crippen LogP contribution >= 0.6 is 0 Å². The summed E-state index contributed by atoms with van der Waals surface area (Å²) in [7, 11) is 0. The first-order valence-electron chi connectivity index (χ1n) is 33.3. The minimum atomic E-state index is -0.800. The number of carbonyl (C=O) groups excluding carboxylic acids is 3. The standard InChI is InChI=1S/C75H122O6/c1-4-7-10-13-16-19-22-25-28-30-32-33-34-35-36-37-38-39-40-41-43-44-47-50-53-56-59-62-65-68-74(77)80-71-72(70-79-73(76)67-64-61-58-55-52-49-46-27-24-21-18-15-12-9-6-3)81-75(78)69-66-63-60-57-54-51-48-45-42-31-29-26-23-20-17-14-11-8-5-2/h7,9-10,12,16-21,25-29,32-33,35-36,38-39,41,43,46,72H,4-6,8,11,13-15,22-24,30-31,34,37,40,42,44-45,47-71H2,1-3H3/b10-7-,12-9-,19-16-,20-17-,21-18-,28-25-,29-26-,33-32-,36-35-,39-38-,43-41-,46-27-. The Morgan fingerprint density at radius 1 is 0.259 bits per heavy atom. The van der Waals surface area contributed by atoms with E-state index in [1.54, 1.807) is 0 Å². The molecule has 1 unspecified atom stereocenters. The van der Waals surface area contributed by atoms with Gasteiger partial charge >= 0.3 is 17.9 Å². The second-order valence-corrected chi connectivity index (χ2v) is 21.6. The molecule has 0 saturated carbocycles. The van der Waals surface area contributed by atoms with Crippen LogP contribution in [0, 0.1) is 0 Å². The van der Waals surface area contributed by atoms with Crippen molar-refractivity contribution in [1.29, 1.82) is 0 Å². The van der Waals surface area contributed by atoms with Gasteiger partial charge in [-0.2, -0.15) is 0 Å². The van der Waals surface area contributed by atoms with Crippen LogP contribution in [-0.4, -0.2) is 37.2 Å². The maximum absolute atomic E-state index is 12.9. The highest BCUT2D eigenvalue weighted by atomic mass is 16.6. The molecule has 458 valence electrons. The molecule has 0 fully saturated rings. The second-order valence-electron chi connectivity index (χ2n) is 21.6. The summed E-state index contributed by atoms with van der Waals surface area (Å²) in [5, 5.41) is 0. The number of unbranched alkanes of at least 4 members (excludes halogenated alkanes) is 24. The molecule has 0 rings (SSSR count). The topological polar surface area (TPSA) is 78.9 Å². The van der Waals surface area contributed by atoms with E-state index in [4.69, 9.17) is 14.2 Å². The molecule has 0 aliphatic rings. The van der Waals surface area contributed by atoms with Gasteiger partial charge in [-0.1, -0.05) is 276 Å². The monoisotopic (exact) mass is 1120 g/mol. The third kappa shape index (κ3) is 66.0. The van der Waals surface area contributed by atoms with E-state index in [1.807, 2.05) is 0 Å². The van der Waals surface area contributed by atoms with Gasteiger partial charge in [-0.15, -0.1) is 0 Å². The van der Waals surface area contributed by atoms with E-state index < -0.39 is 6.10 Å². The van der Waals surface area contributed by atoms with E-state index in [2.05, 4.69) is 167 Å². The molecule has 0 aliphatic carbocycles. The molecule has 0 amide bonds. The van der Waals surface area contributed by atoms with Crippen molar-refractivity contribution in [2.45, 2.75) is 297 Å². The number of carbonyl (C=O) groups is 3. The van der Waals surface area contributed by atoms with Crippen LogP contribution < -0.4 is 0 Å². The van der Waals surface area contributed by atoms with Gasteiger partial charge in [0.25, 0.3) is 0 Å². The van der Waals surface area contributed by atoms with Crippen LogP contribution in [0.15, 0.2) is 146 Å². The Hall–Kier alpha value is -4.71. The minimum Gasteiger partial charge on any atom is -0.462 e. The molecule has 6 heteroatoms. The van der Waals surface area contributed by atoms with Crippen LogP contribution in [0.1, 0.15) is 290 Å². The van der Waals surface area contributed by atoms with Gasteiger partial charge < -0.3 is 14.2 Å². The molecule has 0 heterocycles. The van der Waals surface area contributed by atoms with Crippen LogP contribution in [0.5, 0.6) is 0 Å². The van der Waals surface area contributed by atoms with E-state index in [1.165, 1.54) is 96.3 Å². The van der Waals surface area contributed by atoms with Crippen LogP contribution in [-0.2, 0) is 28.6 Å². The highest BCUT2D eigenvalue weighted by Gasteiger charge is 2.19. The highest BCUT2D eigenvalue weighted by Crippen LogP contribution is 2.15. The highest BCUT2D eigenvalue weighted by molar-refractivity contribution is 5.71. The number of hydrogen-bond donors (Lipinski definition) is 0. The van der Waals surface area contributed by atoms with Gasteiger partial charge in [-0.3, -0.25) is 14.4 Å². The van der Waals surface area contributed by atoms with Gasteiger partial charge in [0, 0.05) is 19.3 Å². The van der Waals surface area contributed by atoms with Gasteiger partial charge in [0.05, 0.1) is 0 Å². The number of ether oxygens (including phenoxy) is 3. The van der Waals surface area contributed by atoms with Crippen molar-refractivity contribution < 1.29 is 28.6 Å². The molecule has 0 aliphatic heterocycles. The third-order valence-corrected chi connectivity index (χ3v) is 13.8. The zero-order chi connectivity index (χ0) is 58.5. The Balaban J connectivity index is 4.39. The summed E-state index contributed by atoms with van der Waals surface area (Å²) in [5.74, 6) is -0.924. The SMILES string of the molecule is CC/C=C\C/C=C\C/C=C\C/C=C\C/C=C\C/C=C\C/C=C\CCCCCCCCCC(=O)OCC(COC(=O)CCCCCCC/C=C\C/C=C\C/C=C\CC)OC(=O)CCCCCCCCCCC/C=C\C/C=C\CCCCC. The predicted molar refractivity (Wildman–Crippen MR) is 352 cm³/mol. The van der Waals surface area contributed by atoms with E-state index >= 15 is 0 Å². The van der Waals surface area contributed by atoms with Gasteiger partial charge in [-0.05, 0) is 141 Å². The maximum atomic E-state index is 12.9. The average Bonchev–Trinajstić information content (AvgIpc) is 3.47. The summed E-state index contributed by atoms with van der Waals surface area (Å²) in [4.78, 5) is 38.4. The fourth-order valence-electron chi connectivity index (χ4n) is 8.88. The molecule has 0 aromatic carbocycles. The number of rotatable bonds is 59. The molecule has 0 N–H and O–H groups in total. The smallest absolute Gasteiger partial charge is 0.306 e. The summed E-state index contributed by atoms with van der Waals surface area (Å²) < 4.78 is 16.9. The van der Waals surface area contributed by atoms with E-state index in [-0.39, 0.29) is 31.1 Å². The molecule has 0 aromatic heterocycles. The molecular weight excluding hydrogens is 997 g/mol. The number of esters is 3. The van der Waals surface area contributed by atoms with Crippen LogP contribution in [0.3, 0.4) is 0 Å². The van der Waals surface area contributed by atoms with E-state index in [0.717, 1.165) is 154 Å². The Kier molecular flexibility index (Phi) is 63.9. The van der Waals surface area contributed by atoms with Crippen molar-refractivity contribution >= 4 is 17.9 Å². The van der Waals surface area contributed by atoms with Gasteiger partial charge in [0.15, 0.2) is 6.10 Å². The summed E-state index contributed by atoms with van der Waals surface area (Å²) in [6.07, 6.45) is 97.1. The Morgan fingerprint density at radius 3 is 0.753 bits per heavy atom. The fraction of sp³-hybridized carbons (Fsp3) is 0.640. The van der Waals surface area contributed by atoms with Crippen molar-refractivity contribution in [3.05, 3.63) is 146 Å². The van der Waals surface area contributed by atoms with Crippen LogP contribution in [0.4, 0.5) is 0 Å².